The Kier molecular flexibility index (Phi) is 3.25. The van der Waals surface area contributed by atoms with Gasteiger partial charge in [0.1, 0.15) is 0 Å². The van der Waals surface area contributed by atoms with Gasteiger partial charge in [0, 0.05) is 30.2 Å². The Morgan fingerprint density at radius 2 is 1.88 bits per heavy atom. The van der Waals surface area contributed by atoms with E-state index < -0.39 is 0 Å². The van der Waals surface area contributed by atoms with E-state index in [2.05, 4.69) is 55.8 Å². The Balaban J connectivity index is 2.34. The highest BCUT2D eigenvalue weighted by Crippen LogP contribution is 2.24. The molecule has 0 unspecified atom stereocenters. The number of aromatic nitrogens is 1. The molecule has 0 fully saturated rings. The first-order valence-corrected chi connectivity index (χ1v) is 6.28. The van der Waals surface area contributed by atoms with Gasteiger partial charge in [-0.25, -0.2) is 0 Å². The van der Waals surface area contributed by atoms with Crippen LogP contribution >= 0.6 is 0 Å². The van der Waals surface area contributed by atoms with E-state index in [1.54, 1.807) is 0 Å². The SMILES string of the molecule is CC(C)(C)CCn1cc(CN)c2ccccc21. The van der Waals surface area contributed by atoms with Gasteiger partial charge in [0.25, 0.3) is 0 Å². The van der Waals surface area contributed by atoms with E-state index in [1.165, 1.54) is 22.9 Å². The Hall–Kier alpha value is -1.28. The second-order valence-corrected chi connectivity index (χ2v) is 5.88. The lowest BCUT2D eigenvalue weighted by atomic mass is 9.92. The molecule has 0 radical (unpaired) electrons. The summed E-state index contributed by atoms with van der Waals surface area (Å²) in [4.78, 5) is 0. The molecule has 0 bridgehead atoms. The number of fused-ring (bicyclic) bond motifs is 1. The second kappa shape index (κ2) is 4.53. The molecule has 2 N–H and O–H groups in total. The van der Waals surface area contributed by atoms with Crippen LogP contribution in [0.5, 0.6) is 0 Å². The Labute approximate surface area is 103 Å². The standard InChI is InChI=1S/C15H22N2/c1-15(2,3)8-9-17-11-12(10-16)13-6-4-5-7-14(13)17/h4-7,11H,8-10,16H2,1-3H3. The average molecular weight is 230 g/mol. The molecule has 1 aromatic heterocycles. The minimum Gasteiger partial charge on any atom is -0.347 e. The van der Waals surface area contributed by atoms with E-state index in [4.69, 9.17) is 5.73 Å². The van der Waals surface area contributed by atoms with Crippen molar-refractivity contribution in [2.45, 2.75) is 40.3 Å². The van der Waals surface area contributed by atoms with Gasteiger partial charge >= 0.3 is 0 Å². The lowest BCUT2D eigenvalue weighted by Gasteiger charge is -2.18. The van der Waals surface area contributed by atoms with Crippen molar-refractivity contribution in [3.63, 3.8) is 0 Å². The van der Waals surface area contributed by atoms with Crippen LogP contribution in [-0.2, 0) is 13.1 Å². The Morgan fingerprint density at radius 1 is 1.18 bits per heavy atom. The van der Waals surface area contributed by atoms with Gasteiger partial charge in [0.05, 0.1) is 0 Å². The number of benzene rings is 1. The summed E-state index contributed by atoms with van der Waals surface area (Å²) >= 11 is 0. The van der Waals surface area contributed by atoms with Gasteiger partial charge in [0.2, 0.25) is 0 Å². The molecule has 0 saturated carbocycles. The molecule has 92 valence electrons. The van der Waals surface area contributed by atoms with Crippen LogP contribution < -0.4 is 5.73 Å². The maximum Gasteiger partial charge on any atom is 0.0483 e. The third-order valence-corrected chi connectivity index (χ3v) is 3.19. The minimum absolute atomic E-state index is 0.369. The zero-order valence-corrected chi connectivity index (χ0v) is 11.0. The van der Waals surface area contributed by atoms with Crippen LogP contribution in [0.2, 0.25) is 0 Å². The molecule has 2 rings (SSSR count). The molecule has 2 aromatic rings. The third kappa shape index (κ3) is 2.70. The number of nitrogens with two attached hydrogens (primary N) is 1. The summed E-state index contributed by atoms with van der Waals surface area (Å²) in [5.41, 5.74) is 8.72. The first-order valence-electron chi connectivity index (χ1n) is 6.28. The molecule has 17 heavy (non-hydrogen) atoms. The van der Waals surface area contributed by atoms with Crippen molar-refractivity contribution in [1.82, 2.24) is 4.57 Å². The van der Waals surface area contributed by atoms with Crippen LogP contribution in [0.25, 0.3) is 10.9 Å². The van der Waals surface area contributed by atoms with Crippen molar-refractivity contribution in [3.8, 4) is 0 Å². The topological polar surface area (TPSA) is 30.9 Å². The van der Waals surface area contributed by atoms with Crippen molar-refractivity contribution >= 4 is 10.9 Å². The predicted molar refractivity (Wildman–Crippen MR) is 73.9 cm³/mol. The number of aryl methyl sites for hydroxylation is 1. The summed E-state index contributed by atoms with van der Waals surface area (Å²) in [6.45, 7) is 8.51. The average Bonchev–Trinajstić information content (AvgIpc) is 2.64. The maximum atomic E-state index is 5.80. The van der Waals surface area contributed by atoms with Gasteiger partial charge in [-0.05, 0) is 23.5 Å². The fraction of sp³-hybridized carbons (Fsp3) is 0.467. The molecule has 0 amide bonds. The zero-order valence-electron chi connectivity index (χ0n) is 11.0. The van der Waals surface area contributed by atoms with Gasteiger partial charge in [-0.15, -0.1) is 0 Å². The largest absolute Gasteiger partial charge is 0.347 e. The zero-order chi connectivity index (χ0) is 12.5. The second-order valence-electron chi connectivity index (χ2n) is 5.88. The van der Waals surface area contributed by atoms with E-state index in [-0.39, 0.29) is 0 Å². The highest BCUT2D eigenvalue weighted by molar-refractivity contribution is 5.83. The first kappa shape index (κ1) is 12.2. The van der Waals surface area contributed by atoms with Gasteiger partial charge < -0.3 is 10.3 Å². The van der Waals surface area contributed by atoms with E-state index >= 15 is 0 Å². The van der Waals surface area contributed by atoms with Crippen molar-refractivity contribution in [1.29, 1.82) is 0 Å². The number of para-hydroxylation sites is 1. The smallest absolute Gasteiger partial charge is 0.0483 e. The van der Waals surface area contributed by atoms with E-state index in [1.807, 2.05) is 0 Å². The molecule has 2 heteroatoms. The van der Waals surface area contributed by atoms with Crippen molar-refractivity contribution in [2.75, 3.05) is 0 Å². The fourth-order valence-electron chi connectivity index (χ4n) is 2.13. The van der Waals surface area contributed by atoms with Gasteiger partial charge in [-0.1, -0.05) is 39.0 Å². The molecule has 1 heterocycles. The van der Waals surface area contributed by atoms with Gasteiger partial charge in [0.15, 0.2) is 0 Å². The van der Waals surface area contributed by atoms with Crippen LogP contribution in [0.15, 0.2) is 30.5 Å². The van der Waals surface area contributed by atoms with E-state index in [9.17, 15) is 0 Å². The number of rotatable bonds is 3. The quantitative estimate of drug-likeness (QED) is 0.859. The molecule has 2 nitrogen and oxygen atoms in total. The van der Waals surface area contributed by atoms with Crippen LogP contribution in [0.1, 0.15) is 32.8 Å². The Morgan fingerprint density at radius 3 is 2.53 bits per heavy atom. The molecule has 0 spiro atoms. The lowest BCUT2D eigenvalue weighted by Crippen LogP contribution is -2.09. The first-order chi connectivity index (χ1) is 8.01. The molecular weight excluding hydrogens is 208 g/mol. The van der Waals surface area contributed by atoms with Crippen molar-refractivity contribution in [3.05, 3.63) is 36.0 Å². The molecule has 0 aliphatic rings. The normalized spacial score (nSPS) is 12.2. The molecule has 1 aromatic carbocycles. The summed E-state index contributed by atoms with van der Waals surface area (Å²) in [6, 6.07) is 8.51. The number of hydrogen-bond donors (Lipinski definition) is 1. The number of nitrogens with zero attached hydrogens (tertiary/aromatic N) is 1. The molecule has 0 aliphatic heterocycles. The van der Waals surface area contributed by atoms with Crippen LogP contribution in [0.4, 0.5) is 0 Å². The van der Waals surface area contributed by atoms with Gasteiger partial charge in [-0.2, -0.15) is 0 Å². The van der Waals surface area contributed by atoms with Gasteiger partial charge in [-0.3, -0.25) is 0 Å². The van der Waals surface area contributed by atoms with E-state index in [0.29, 0.717) is 12.0 Å². The molecule has 0 saturated heterocycles. The van der Waals surface area contributed by atoms with E-state index in [0.717, 1.165) is 6.54 Å². The minimum atomic E-state index is 0.369. The number of hydrogen-bond acceptors (Lipinski definition) is 1. The predicted octanol–water partition coefficient (Wildman–Crippen LogP) is 3.54. The van der Waals surface area contributed by atoms with Crippen LogP contribution in [0.3, 0.4) is 0 Å². The third-order valence-electron chi connectivity index (χ3n) is 3.19. The summed E-state index contributed by atoms with van der Waals surface area (Å²) in [6.07, 6.45) is 3.38. The van der Waals surface area contributed by atoms with Crippen LogP contribution in [0, 0.1) is 5.41 Å². The summed E-state index contributed by atoms with van der Waals surface area (Å²) in [5, 5.41) is 1.30. The molecular formula is C15H22N2. The summed E-state index contributed by atoms with van der Waals surface area (Å²) < 4.78 is 2.34. The fourth-order valence-corrected chi connectivity index (χ4v) is 2.13. The van der Waals surface area contributed by atoms with Crippen molar-refractivity contribution < 1.29 is 0 Å². The summed E-state index contributed by atoms with van der Waals surface area (Å²) in [7, 11) is 0. The van der Waals surface area contributed by atoms with Crippen LogP contribution in [-0.4, -0.2) is 4.57 Å². The summed E-state index contributed by atoms with van der Waals surface area (Å²) in [5.74, 6) is 0. The lowest BCUT2D eigenvalue weighted by molar-refractivity contribution is 0.353. The van der Waals surface area contributed by atoms with Crippen molar-refractivity contribution in [2.24, 2.45) is 11.1 Å². The molecule has 0 aliphatic carbocycles. The molecule has 0 atom stereocenters. The maximum absolute atomic E-state index is 5.80. The Bertz CT molecular complexity index is 503. The highest BCUT2D eigenvalue weighted by atomic mass is 15.0. The highest BCUT2D eigenvalue weighted by Gasteiger charge is 2.12. The monoisotopic (exact) mass is 230 g/mol.